The quantitative estimate of drug-likeness (QED) is 0.796. The van der Waals surface area contributed by atoms with Crippen LogP contribution in [0.5, 0.6) is 0 Å². The minimum atomic E-state index is 0.0486. The third kappa shape index (κ3) is 4.70. The number of rotatable bonds is 7. The van der Waals surface area contributed by atoms with Crippen LogP contribution in [0.3, 0.4) is 0 Å². The van der Waals surface area contributed by atoms with Gasteiger partial charge in [-0.1, -0.05) is 19.1 Å². The Bertz CT molecular complexity index is 525. The molecule has 0 aliphatic rings. The molecule has 0 saturated heterocycles. The number of nitrogens with zero attached hydrogens (tertiary/aromatic N) is 3. The van der Waals surface area contributed by atoms with E-state index in [0.29, 0.717) is 12.3 Å². The molecule has 2 rings (SSSR count). The topological polar surface area (TPSA) is 59.8 Å². The molecule has 0 atom stereocenters. The molecule has 1 amide bonds. The number of nitrogens with one attached hydrogen (secondary N) is 1. The van der Waals surface area contributed by atoms with Crippen molar-refractivity contribution in [1.29, 1.82) is 0 Å². The minimum Gasteiger partial charge on any atom is -0.325 e. The first kappa shape index (κ1) is 14.6. The molecule has 0 radical (unpaired) electrons. The number of hydrogen-bond acceptors (Lipinski definition) is 4. The SMILES string of the molecule is CCCSCC(=O)Nc1ccc(Cn2cncn2)cc1. The summed E-state index contributed by atoms with van der Waals surface area (Å²) in [5.74, 6) is 1.58. The summed E-state index contributed by atoms with van der Waals surface area (Å²) in [5, 5.41) is 6.95. The van der Waals surface area contributed by atoms with Gasteiger partial charge < -0.3 is 5.32 Å². The summed E-state index contributed by atoms with van der Waals surface area (Å²) in [4.78, 5) is 15.6. The van der Waals surface area contributed by atoms with E-state index in [2.05, 4.69) is 22.3 Å². The molecule has 0 aliphatic carbocycles. The second kappa shape index (κ2) is 7.69. The van der Waals surface area contributed by atoms with Gasteiger partial charge in [-0.3, -0.25) is 4.79 Å². The first-order valence-electron chi connectivity index (χ1n) is 6.57. The maximum absolute atomic E-state index is 11.7. The highest BCUT2D eigenvalue weighted by Crippen LogP contribution is 2.11. The molecule has 0 bridgehead atoms. The van der Waals surface area contributed by atoms with Crippen molar-refractivity contribution in [2.24, 2.45) is 0 Å². The van der Waals surface area contributed by atoms with Gasteiger partial charge in [0.2, 0.25) is 5.91 Å². The van der Waals surface area contributed by atoms with E-state index in [-0.39, 0.29) is 5.91 Å². The van der Waals surface area contributed by atoms with Crippen LogP contribution in [0, 0.1) is 0 Å². The number of carbonyl (C=O) groups excluding carboxylic acids is 1. The van der Waals surface area contributed by atoms with Crippen LogP contribution in [0.2, 0.25) is 0 Å². The summed E-state index contributed by atoms with van der Waals surface area (Å²) in [6.07, 6.45) is 4.29. The Balaban J connectivity index is 1.83. The smallest absolute Gasteiger partial charge is 0.234 e. The number of benzene rings is 1. The van der Waals surface area contributed by atoms with E-state index in [1.165, 1.54) is 6.33 Å². The molecule has 0 aliphatic heterocycles. The van der Waals surface area contributed by atoms with Crippen molar-refractivity contribution in [3.63, 3.8) is 0 Å². The summed E-state index contributed by atoms with van der Waals surface area (Å²) in [7, 11) is 0. The zero-order valence-electron chi connectivity index (χ0n) is 11.5. The number of aromatic nitrogens is 3. The van der Waals surface area contributed by atoms with Crippen molar-refractivity contribution in [3.8, 4) is 0 Å². The highest BCUT2D eigenvalue weighted by Gasteiger charge is 2.02. The molecular formula is C14H18N4OS. The lowest BCUT2D eigenvalue weighted by molar-refractivity contribution is -0.113. The maximum Gasteiger partial charge on any atom is 0.234 e. The van der Waals surface area contributed by atoms with E-state index in [9.17, 15) is 4.79 Å². The largest absolute Gasteiger partial charge is 0.325 e. The fraction of sp³-hybridized carbons (Fsp3) is 0.357. The molecule has 0 unspecified atom stereocenters. The zero-order valence-corrected chi connectivity index (χ0v) is 12.3. The zero-order chi connectivity index (χ0) is 14.2. The molecule has 0 spiro atoms. The van der Waals surface area contributed by atoms with Gasteiger partial charge in [0.25, 0.3) is 0 Å². The molecule has 20 heavy (non-hydrogen) atoms. The highest BCUT2D eigenvalue weighted by atomic mass is 32.2. The summed E-state index contributed by atoms with van der Waals surface area (Å²) >= 11 is 1.66. The van der Waals surface area contributed by atoms with Crippen molar-refractivity contribution in [3.05, 3.63) is 42.5 Å². The maximum atomic E-state index is 11.7. The highest BCUT2D eigenvalue weighted by molar-refractivity contribution is 7.99. The first-order chi connectivity index (χ1) is 9.78. The van der Waals surface area contributed by atoms with Crippen molar-refractivity contribution in [2.75, 3.05) is 16.8 Å². The van der Waals surface area contributed by atoms with Crippen LogP contribution < -0.4 is 5.32 Å². The van der Waals surface area contributed by atoms with Gasteiger partial charge in [0.1, 0.15) is 12.7 Å². The van der Waals surface area contributed by atoms with Crippen LogP contribution in [0.15, 0.2) is 36.9 Å². The van der Waals surface area contributed by atoms with Crippen molar-refractivity contribution in [2.45, 2.75) is 19.9 Å². The van der Waals surface area contributed by atoms with E-state index in [1.807, 2.05) is 24.3 Å². The van der Waals surface area contributed by atoms with Crippen molar-refractivity contribution in [1.82, 2.24) is 14.8 Å². The van der Waals surface area contributed by atoms with Gasteiger partial charge in [-0.2, -0.15) is 16.9 Å². The Hall–Kier alpha value is -1.82. The Morgan fingerprint density at radius 3 is 2.80 bits per heavy atom. The van der Waals surface area contributed by atoms with E-state index in [4.69, 9.17) is 0 Å². The molecule has 106 valence electrons. The minimum absolute atomic E-state index is 0.0486. The van der Waals surface area contributed by atoms with E-state index < -0.39 is 0 Å². The molecule has 1 aromatic heterocycles. The van der Waals surface area contributed by atoms with Gasteiger partial charge in [-0.25, -0.2) is 9.67 Å². The third-order valence-electron chi connectivity index (χ3n) is 2.63. The average molecular weight is 290 g/mol. The predicted octanol–water partition coefficient (Wildman–Crippen LogP) is 2.41. The Labute approximate surface area is 122 Å². The molecule has 0 saturated carbocycles. The molecule has 5 nitrogen and oxygen atoms in total. The standard InChI is InChI=1S/C14H18N4OS/c1-2-7-20-9-14(19)17-13-5-3-12(4-6-13)8-18-11-15-10-16-18/h3-6,10-11H,2,7-9H2,1H3,(H,17,19). The summed E-state index contributed by atoms with van der Waals surface area (Å²) in [6.45, 7) is 2.79. The summed E-state index contributed by atoms with van der Waals surface area (Å²) < 4.78 is 1.76. The summed E-state index contributed by atoms with van der Waals surface area (Å²) in [5.41, 5.74) is 1.95. The third-order valence-corrected chi connectivity index (χ3v) is 3.79. The van der Waals surface area contributed by atoms with Crippen LogP contribution in [0.1, 0.15) is 18.9 Å². The van der Waals surface area contributed by atoms with Crippen LogP contribution in [-0.4, -0.2) is 32.2 Å². The van der Waals surface area contributed by atoms with Gasteiger partial charge in [0.05, 0.1) is 12.3 Å². The second-order valence-electron chi connectivity index (χ2n) is 4.39. The number of amides is 1. The monoisotopic (exact) mass is 290 g/mol. The average Bonchev–Trinajstić information content (AvgIpc) is 2.94. The number of carbonyl (C=O) groups is 1. The molecule has 2 aromatic rings. The number of anilines is 1. The lowest BCUT2D eigenvalue weighted by Gasteiger charge is -2.06. The van der Waals surface area contributed by atoms with Gasteiger partial charge in [0, 0.05) is 5.69 Å². The van der Waals surface area contributed by atoms with E-state index in [0.717, 1.165) is 23.4 Å². The number of hydrogen-bond donors (Lipinski definition) is 1. The van der Waals surface area contributed by atoms with E-state index in [1.54, 1.807) is 22.8 Å². The Morgan fingerprint density at radius 1 is 1.35 bits per heavy atom. The lowest BCUT2D eigenvalue weighted by atomic mass is 10.2. The van der Waals surface area contributed by atoms with Crippen LogP contribution in [0.25, 0.3) is 0 Å². The molecule has 1 heterocycles. The van der Waals surface area contributed by atoms with Gasteiger partial charge in [-0.15, -0.1) is 0 Å². The fourth-order valence-corrected chi connectivity index (χ4v) is 2.39. The van der Waals surface area contributed by atoms with Gasteiger partial charge >= 0.3 is 0 Å². The van der Waals surface area contributed by atoms with Gasteiger partial charge in [-0.05, 0) is 29.9 Å². The molecular weight excluding hydrogens is 272 g/mol. The molecule has 1 aromatic carbocycles. The Morgan fingerprint density at radius 2 is 2.15 bits per heavy atom. The fourth-order valence-electron chi connectivity index (χ4n) is 1.70. The van der Waals surface area contributed by atoms with Crippen molar-refractivity contribution >= 4 is 23.4 Å². The van der Waals surface area contributed by atoms with Crippen LogP contribution in [0.4, 0.5) is 5.69 Å². The molecule has 6 heteroatoms. The second-order valence-corrected chi connectivity index (χ2v) is 5.50. The van der Waals surface area contributed by atoms with Crippen LogP contribution in [-0.2, 0) is 11.3 Å². The van der Waals surface area contributed by atoms with Crippen molar-refractivity contribution < 1.29 is 4.79 Å². The predicted molar refractivity (Wildman–Crippen MR) is 81.8 cm³/mol. The van der Waals surface area contributed by atoms with E-state index >= 15 is 0 Å². The Kier molecular flexibility index (Phi) is 5.61. The summed E-state index contributed by atoms with van der Waals surface area (Å²) in [6, 6.07) is 7.79. The lowest BCUT2D eigenvalue weighted by Crippen LogP contribution is -2.14. The first-order valence-corrected chi connectivity index (χ1v) is 7.72. The van der Waals surface area contributed by atoms with Gasteiger partial charge in [0.15, 0.2) is 0 Å². The molecule has 0 fully saturated rings. The number of thioether (sulfide) groups is 1. The molecule has 1 N–H and O–H groups in total. The normalized spacial score (nSPS) is 10.4. The van der Waals surface area contributed by atoms with Crippen LogP contribution >= 0.6 is 11.8 Å².